The zero-order valence-corrected chi connectivity index (χ0v) is 11.2. The zero-order chi connectivity index (χ0) is 13.7. The van der Waals surface area contributed by atoms with Gasteiger partial charge in [0.2, 0.25) is 0 Å². The molecule has 19 heavy (non-hydrogen) atoms. The number of benzene rings is 2. The molecule has 100 valence electrons. The van der Waals surface area contributed by atoms with Gasteiger partial charge in [-0.1, -0.05) is 18.2 Å². The molecule has 0 N–H and O–H groups in total. The van der Waals surface area contributed by atoms with Crippen LogP contribution < -0.4 is 9.47 Å². The normalized spacial score (nSPS) is 10.3. The van der Waals surface area contributed by atoms with Crippen LogP contribution in [0.3, 0.4) is 0 Å². The van der Waals surface area contributed by atoms with Gasteiger partial charge in [0.25, 0.3) is 0 Å². The molecule has 0 atom stereocenters. The fraction of sp³-hybridized carbons (Fsp3) is 0.250. The lowest BCUT2D eigenvalue weighted by Crippen LogP contribution is -1.96. The highest BCUT2D eigenvalue weighted by atomic mass is 19.1. The first-order valence-corrected chi connectivity index (χ1v) is 6.18. The highest BCUT2D eigenvalue weighted by Crippen LogP contribution is 2.18. The van der Waals surface area contributed by atoms with Gasteiger partial charge in [0.05, 0.1) is 14.2 Å². The standard InChI is InChI=1S/C16H17FO2/c1-18-14-8-4-12(5-9-14)3-6-13-7-10-15(19-2)11-16(13)17/h4-5,7-11H,3,6H2,1-2H3. The first kappa shape index (κ1) is 13.4. The van der Waals surface area contributed by atoms with E-state index in [2.05, 4.69) is 0 Å². The second kappa shape index (κ2) is 6.23. The molecule has 0 amide bonds. The van der Waals surface area contributed by atoms with Crippen molar-refractivity contribution in [3.8, 4) is 11.5 Å². The van der Waals surface area contributed by atoms with Crippen LogP contribution in [0.15, 0.2) is 42.5 Å². The predicted molar refractivity (Wildman–Crippen MR) is 73.4 cm³/mol. The minimum absolute atomic E-state index is 0.215. The van der Waals surface area contributed by atoms with Crippen LogP contribution in [0, 0.1) is 5.82 Å². The molecule has 2 rings (SSSR count). The van der Waals surface area contributed by atoms with Gasteiger partial charge >= 0.3 is 0 Å². The van der Waals surface area contributed by atoms with Crippen molar-refractivity contribution >= 4 is 0 Å². The van der Waals surface area contributed by atoms with E-state index in [0.29, 0.717) is 17.7 Å². The number of rotatable bonds is 5. The van der Waals surface area contributed by atoms with E-state index in [4.69, 9.17) is 9.47 Å². The minimum atomic E-state index is -0.215. The molecule has 0 aliphatic heterocycles. The average molecular weight is 260 g/mol. The lowest BCUT2D eigenvalue weighted by atomic mass is 10.0. The Morgan fingerprint density at radius 2 is 1.47 bits per heavy atom. The van der Waals surface area contributed by atoms with Gasteiger partial charge in [0, 0.05) is 6.07 Å². The van der Waals surface area contributed by atoms with Crippen LogP contribution in [0.5, 0.6) is 11.5 Å². The van der Waals surface area contributed by atoms with E-state index >= 15 is 0 Å². The van der Waals surface area contributed by atoms with E-state index in [1.165, 1.54) is 13.2 Å². The average Bonchev–Trinajstić information content (AvgIpc) is 2.46. The molecule has 0 saturated carbocycles. The Morgan fingerprint density at radius 3 is 2.05 bits per heavy atom. The molecule has 0 bridgehead atoms. The van der Waals surface area contributed by atoms with Crippen LogP contribution >= 0.6 is 0 Å². The summed E-state index contributed by atoms with van der Waals surface area (Å²) in [4.78, 5) is 0. The first-order chi connectivity index (χ1) is 9.22. The second-order valence-electron chi connectivity index (χ2n) is 4.31. The molecule has 3 heteroatoms. The zero-order valence-electron chi connectivity index (χ0n) is 11.2. The van der Waals surface area contributed by atoms with E-state index in [-0.39, 0.29) is 5.82 Å². The molecular weight excluding hydrogens is 243 g/mol. The molecule has 0 spiro atoms. The third kappa shape index (κ3) is 3.47. The summed E-state index contributed by atoms with van der Waals surface area (Å²) in [7, 11) is 3.17. The number of ether oxygens (including phenoxy) is 2. The van der Waals surface area contributed by atoms with E-state index in [9.17, 15) is 4.39 Å². The molecule has 0 aromatic heterocycles. The summed E-state index contributed by atoms with van der Waals surface area (Å²) in [5.41, 5.74) is 1.87. The van der Waals surface area contributed by atoms with Crippen molar-refractivity contribution in [2.24, 2.45) is 0 Å². The van der Waals surface area contributed by atoms with Gasteiger partial charge in [0.1, 0.15) is 17.3 Å². The summed E-state index contributed by atoms with van der Waals surface area (Å²) in [5.74, 6) is 1.16. The van der Waals surface area contributed by atoms with E-state index in [0.717, 1.165) is 17.7 Å². The molecule has 0 radical (unpaired) electrons. The molecule has 0 saturated heterocycles. The smallest absolute Gasteiger partial charge is 0.130 e. The van der Waals surface area contributed by atoms with Crippen LogP contribution in [0.4, 0.5) is 4.39 Å². The van der Waals surface area contributed by atoms with Crippen molar-refractivity contribution in [3.63, 3.8) is 0 Å². The number of aryl methyl sites for hydroxylation is 2. The van der Waals surface area contributed by atoms with E-state index in [1.54, 1.807) is 19.2 Å². The Labute approximate surface area is 112 Å². The van der Waals surface area contributed by atoms with Gasteiger partial charge in [-0.15, -0.1) is 0 Å². The van der Waals surface area contributed by atoms with Gasteiger partial charge in [-0.2, -0.15) is 0 Å². The number of hydrogen-bond acceptors (Lipinski definition) is 2. The van der Waals surface area contributed by atoms with Gasteiger partial charge < -0.3 is 9.47 Å². The maximum atomic E-state index is 13.8. The van der Waals surface area contributed by atoms with Crippen LogP contribution in [-0.4, -0.2) is 14.2 Å². The van der Waals surface area contributed by atoms with Crippen LogP contribution in [-0.2, 0) is 12.8 Å². The molecule has 2 aromatic carbocycles. The third-order valence-corrected chi connectivity index (χ3v) is 3.10. The summed E-state index contributed by atoms with van der Waals surface area (Å²) in [6.45, 7) is 0. The Balaban J connectivity index is 2.01. The highest BCUT2D eigenvalue weighted by molar-refractivity contribution is 5.31. The van der Waals surface area contributed by atoms with Crippen molar-refractivity contribution in [2.45, 2.75) is 12.8 Å². The lowest BCUT2D eigenvalue weighted by Gasteiger charge is -2.06. The molecule has 0 aliphatic carbocycles. The molecule has 2 nitrogen and oxygen atoms in total. The topological polar surface area (TPSA) is 18.5 Å². The van der Waals surface area contributed by atoms with Crippen LogP contribution in [0.25, 0.3) is 0 Å². The van der Waals surface area contributed by atoms with Crippen LogP contribution in [0.1, 0.15) is 11.1 Å². The summed E-state index contributed by atoms with van der Waals surface area (Å²) in [6, 6.07) is 12.8. The van der Waals surface area contributed by atoms with Crippen molar-refractivity contribution in [1.29, 1.82) is 0 Å². The Bertz CT molecular complexity index is 535. The number of hydrogen-bond donors (Lipinski definition) is 0. The highest BCUT2D eigenvalue weighted by Gasteiger charge is 2.04. The van der Waals surface area contributed by atoms with Gasteiger partial charge in [-0.25, -0.2) is 4.39 Å². The fourth-order valence-electron chi connectivity index (χ4n) is 1.93. The Morgan fingerprint density at radius 1 is 0.842 bits per heavy atom. The second-order valence-corrected chi connectivity index (χ2v) is 4.31. The summed E-state index contributed by atoms with van der Waals surface area (Å²) in [5, 5.41) is 0. The molecule has 0 unspecified atom stereocenters. The fourth-order valence-corrected chi connectivity index (χ4v) is 1.93. The Hall–Kier alpha value is -2.03. The van der Waals surface area contributed by atoms with Crippen molar-refractivity contribution < 1.29 is 13.9 Å². The SMILES string of the molecule is COc1ccc(CCc2ccc(OC)cc2F)cc1. The predicted octanol–water partition coefficient (Wildman–Crippen LogP) is 3.63. The molecular formula is C16H17FO2. The maximum Gasteiger partial charge on any atom is 0.130 e. The summed E-state index contributed by atoms with van der Waals surface area (Å²) < 4.78 is 23.8. The molecule has 0 heterocycles. The van der Waals surface area contributed by atoms with Gasteiger partial charge in [-0.05, 0) is 42.2 Å². The first-order valence-electron chi connectivity index (χ1n) is 6.18. The number of methoxy groups -OCH3 is 2. The van der Waals surface area contributed by atoms with Gasteiger partial charge in [0.15, 0.2) is 0 Å². The molecule has 0 fully saturated rings. The van der Waals surface area contributed by atoms with E-state index < -0.39 is 0 Å². The van der Waals surface area contributed by atoms with Crippen molar-refractivity contribution in [3.05, 3.63) is 59.4 Å². The maximum absolute atomic E-state index is 13.8. The summed E-state index contributed by atoms with van der Waals surface area (Å²) in [6.07, 6.45) is 1.47. The van der Waals surface area contributed by atoms with E-state index in [1.807, 2.05) is 24.3 Å². The van der Waals surface area contributed by atoms with Gasteiger partial charge in [-0.3, -0.25) is 0 Å². The third-order valence-electron chi connectivity index (χ3n) is 3.10. The lowest BCUT2D eigenvalue weighted by molar-refractivity contribution is 0.410. The molecule has 0 aliphatic rings. The van der Waals surface area contributed by atoms with Crippen LogP contribution in [0.2, 0.25) is 0 Å². The van der Waals surface area contributed by atoms with Crippen molar-refractivity contribution in [2.75, 3.05) is 14.2 Å². The Kier molecular flexibility index (Phi) is 4.39. The van der Waals surface area contributed by atoms with Crippen molar-refractivity contribution in [1.82, 2.24) is 0 Å². The quantitative estimate of drug-likeness (QED) is 0.817. The minimum Gasteiger partial charge on any atom is -0.497 e. The monoisotopic (exact) mass is 260 g/mol. The largest absolute Gasteiger partial charge is 0.497 e. The molecule has 2 aromatic rings. The summed E-state index contributed by atoms with van der Waals surface area (Å²) >= 11 is 0. The number of halogens is 1.